The van der Waals surface area contributed by atoms with E-state index in [1.807, 2.05) is 0 Å². The fourth-order valence-electron chi connectivity index (χ4n) is 1.95. The Balaban J connectivity index is 2.52. The molecule has 1 nitrogen and oxygen atoms in total. The second-order valence-electron chi connectivity index (χ2n) is 3.91. The van der Waals surface area contributed by atoms with Gasteiger partial charge in [-0.05, 0) is 36.9 Å². The van der Waals surface area contributed by atoms with Crippen molar-refractivity contribution < 1.29 is 8.78 Å². The number of rotatable bonds is 3. The van der Waals surface area contributed by atoms with E-state index in [0.717, 1.165) is 0 Å². The average Bonchev–Trinajstić information content (AvgIpc) is 2.34. The molecule has 18 heavy (non-hydrogen) atoms. The number of hydrogen-bond donors (Lipinski definition) is 1. The molecule has 0 heterocycles. The van der Waals surface area contributed by atoms with E-state index in [-0.39, 0.29) is 5.82 Å². The van der Waals surface area contributed by atoms with E-state index >= 15 is 0 Å². The molecule has 0 saturated heterocycles. The highest BCUT2D eigenvalue weighted by Crippen LogP contribution is 2.30. The molecule has 0 fully saturated rings. The minimum atomic E-state index is -0.477. The van der Waals surface area contributed by atoms with Crippen molar-refractivity contribution in [2.75, 3.05) is 7.05 Å². The Bertz CT molecular complexity index is 537. The normalized spacial score (nSPS) is 12.4. The van der Waals surface area contributed by atoms with Gasteiger partial charge in [-0.2, -0.15) is 0 Å². The highest BCUT2D eigenvalue weighted by molar-refractivity contribution is 6.31. The number of hydrogen-bond acceptors (Lipinski definition) is 1. The first-order valence-corrected chi connectivity index (χ1v) is 5.88. The summed E-state index contributed by atoms with van der Waals surface area (Å²) in [7, 11) is 1.68. The Morgan fingerprint density at radius 1 is 1.11 bits per heavy atom. The first-order valence-electron chi connectivity index (χ1n) is 5.50. The predicted octanol–water partition coefficient (Wildman–Crippen LogP) is 3.93. The third-order valence-corrected chi connectivity index (χ3v) is 3.09. The number of halogens is 3. The van der Waals surface area contributed by atoms with Crippen LogP contribution in [-0.2, 0) is 0 Å². The molecule has 0 radical (unpaired) electrons. The first kappa shape index (κ1) is 13.0. The van der Waals surface area contributed by atoms with Gasteiger partial charge in [0, 0.05) is 10.6 Å². The molecule has 0 aliphatic rings. The maximum Gasteiger partial charge on any atom is 0.129 e. The number of benzene rings is 2. The lowest BCUT2D eigenvalue weighted by atomic mass is 9.98. The molecule has 0 aliphatic heterocycles. The van der Waals surface area contributed by atoms with E-state index in [4.69, 9.17) is 11.6 Å². The summed E-state index contributed by atoms with van der Waals surface area (Å²) in [6.07, 6.45) is 0. The van der Waals surface area contributed by atoms with Crippen molar-refractivity contribution in [3.8, 4) is 0 Å². The Morgan fingerprint density at radius 2 is 1.83 bits per heavy atom. The Labute approximate surface area is 109 Å². The molecular weight excluding hydrogens is 256 g/mol. The van der Waals surface area contributed by atoms with Crippen LogP contribution in [0.3, 0.4) is 0 Å². The average molecular weight is 268 g/mol. The van der Waals surface area contributed by atoms with E-state index in [1.54, 1.807) is 31.3 Å². The smallest absolute Gasteiger partial charge is 0.129 e. The van der Waals surface area contributed by atoms with E-state index in [0.29, 0.717) is 16.1 Å². The lowest BCUT2D eigenvalue weighted by Crippen LogP contribution is -2.19. The van der Waals surface area contributed by atoms with E-state index in [2.05, 4.69) is 5.32 Å². The van der Waals surface area contributed by atoms with Gasteiger partial charge in [0.25, 0.3) is 0 Å². The summed E-state index contributed by atoms with van der Waals surface area (Å²) in [5.41, 5.74) is 0.955. The summed E-state index contributed by atoms with van der Waals surface area (Å²) < 4.78 is 27.1. The topological polar surface area (TPSA) is 12.0 Å². The third-order valence-electron chi connectivity index (χ3n) is 2.76. The van der Waals surface area contributed by atoms with Gasteiger partial charge < -0.3 is 5.32 Å². The Kier molecular flexibility index (Phi) is 3.94. The molecule has 4 heteroatoms. The molecule has 0 spiro atoms. The van der Waals surface area contributed by atoms with Crippen molar-refractivity contribution >= 4 is 11.6 Å². The minimum absolute atomic E-state index is 0.318. The molecular formula is C14H12ClF2N. The van der Waals surface area contributed by atoms with Crippen molar-refractivity contribution in [3.63, 3.8) is 0 Å². The summed E-state index contributed by atoms with van der Waals surface area (Å²) in [5, 5.41) is 3.27. The van der Waals surface area contributed by atoms with Gasteiger partial charge in [0.05, 0.1) is 6.04 Å². The van der Waals surface area contributed by atoms with Crippen LogP contribution in [0.15, 0.2) is 42.5 Å². The summed E-state index contributed by atoms with van der Waals surface area (Å²) in [6, 6.07) is 10.0. The molecule has 1 N–H and O–H groups in total. The van der Waals surface area contributed by atoms with Crippen LogP contribution in [-0.4, -0.2) is 7.05 Å². The van der Waals surface area contributed by atoms with Crippen molar-refractivity contribution in [3.05, 3.63) is 70.2 Å². The van der Waals surface area contributed by atoms with E-state index in [9.17, 15) is 8.78 Å². The number of nitrogens with one attached hydrogen (secondary N) is 1. The summed E-state index contributed by atoms with van der Waals surface area (Å²) in [6.45, 7) is 0. The molecule has 2 rings (SSSR count). The predicted molar refractivity (Wildman–Crippen MR) is 68.7 cm³/mol. The van der Waals surface area contributed by atoms with Crippen LogP contribution < -0.4 is 5.32 Å². The van der Waals surface area contributed by atoms with Crippen molar-refractivity contribution in [1.29, 1.82) is 0 Å². The van der Waals surface area contributed by atoms with Crippen molar-refractivity contribution in [2.24, 2.45) is 0 Å². The third kappa shape index (κ3) is 2.52. The molecule has 0 aromatic heterocycles. The standard InChI is InChI=1S/C14H12ClF2N/c1-18-14(9-4-2-5-10(16)8-9)13-11(15)6-3-7-12(13)17/h2-8,14,18H,1H3. The maximum atomic E-state index is 13.9. The van der Waals surface area contributed by atoms with Gasteiger partial charge in [0.1, 0.15) is 11.6 Å². The molecule has 0 saturated carbocycles. The van der Waals surface area contributed by atoms with Crippen LogP contribution in [0.4, 0.5) is 8.78 Å². The maximum absolute atomic E-state index is 13.9. The minimum Gasteiger partial charge on any atom is -0.309 e. The van der Waals surface area contributed by atoms with Crippen molar-refractivity contribution in [2.45, 2.75) is 6.04 Å². The summed E-state index contributed by atoms with van der Waals surface area (Å²) in [5.74, 6) is -0.772. The van der Waals surface area contributed by atoms with Gasteiger partial charge in [-0.1, -0.05) is 29.8 Å². The molecule has 0 amide bonds. The zero-order valence-corrected chi connectivity index (χ0v) is 10.5. The lowest BCUT2D eigenvalue weighted by Gasteiger charge is -2.19. The van der Waals surface area contributed by atoms with Crippen LogP contribution in [0.25, 0.3) is 0 Å². The van der Waals surface area contributed by atoms with Gasteiger partial charge in [0.15, 0.2) is 0 Å². The van der Waals surface area contributed by atoms with E-state index in [1.165, 1.54) is 18.2 Å². The van der Waals surface area contributed by atoms with Gasteiger partial charge >= 0.3 is 0 Å². The lowest BCUT2D eigenvalue weighted by molar-refractivity contribution is 0.571. The second-order valence-corrected chi connectivity index (χ2v) is 4.32. The molecule has 0 bridgehead atoms. The van der Waals surface area contributed by atoms with Crippen LogP contribution in [0.1, 0.15) is 17.2 Å². The fourth-order valence-corrected chi connectivity index (χ4v) is 2.22. The highest BCUT2D eigenvalue weighted by Gasteiger charge is 2.19. The molecule has 94 valence electrons. The zero-order valence-electron chi connectivity index (χ0n) is 9.75. The molecule has 1 unspecified atom stereocenters. The Morgan fingerprint density at radius 3 is 2.44 bits per heavy atom. The molecule has 1 atom stereocenters. The monoisotopic (exact) mass is 267 g/mol. The van der Waals surface area contributed by atoms with Gasteiger partial charge in [-0.15, -0.1) is 0 Å². The van der Waals surface area contributed by atoms with E-state index < -0.39 is 11.9 Å². The SMILES string of the molecule is CNC(c1cccc(F)c1)c1c(F)cccc1Cl. The van der Waals surface area contributed by atoms with Crippen LogP contribution >= 0.6 is 11.6 Å². The van der Waals surface area contributed by atoms with Crippen molar-refractivity contribution in [1.82, 2.24) is 5.32 Å². The van der Waals surface area contributed by atoms with Gasteiger partial charge in [-0.25, -0.2) is 8.78 Å². The summed E-state index contributed by atoms with van der Waals surface area (Å²) >= 11 is 6.02. The van der Waals surface area contributed by atoms with Crippen LogP contribution in [0.2, 0.25) is 5.02 Å². The molecule has 2 aromatic rings. The largest absolute Gasteiger partial charge is 0.309 e. The fraction of sp³-hybridized carbons (Fsp3) is 0.143. The second kappa shape index (κ2) is 5.46. The van der Waals surface area contributed by atoms with Gasteiger partial charge in [0.2, 0.25) is 0 Å². The van der Waals surface area contributed by atoms with Crippen LogP contribution in [0.5, 0.6) is 0 Å². The van der Waals surface area contributed by atoms with Crippen LogP contribution in [0, 0.1) is 11.6 Å². The molecule has 0 aliphatic carbocycles. The highest BCUT2D eigenvalue weighted by atomic mass is 35.5. The van der Waals surface area contributed by atoms with Gasteiger partial charge in [-0.3, -0.25) is 0 Å². The quantitative estimate of drug-likeness (QED) is 0.889. The Hall–Kier alpha value is -1.45. The molecule has 2 aromatic carbocycles. The summed E-state index contributed by atoms with van der Waals surface area (Å²) in [4.78, 5) is 0. The first-order chi connectivity index (χ1) is 8.63. The zero-order chi connectivity index (χ0) is 13.1.